The summed E-state index contributed by atoms with van der Waals surface area (Å²) in [6.07, 6.45) is 4.67. The molecule has 0 radical (unpaired) electrons. The first kappa shape index (κ1) is 19.5. The van der Waals surface area contributed by atoms with Crippen molar-refractivity contribution in [2.75, 3.05) is 12.4 Å². The molecule has 0 amide bonds. The molecule has 17 heavy (non-hydrogen) atoms. The number of carbonyl (C=O) groups excluding carboxylic acids is 1. The zero-order valence-electron chi connectivity index (χ0n) is 11.1. The lowest BCUT2D eigenvalue weighted by Crippen LogP contribution is -2.14. The predicted molar refractivity (Wildman–Crippen MR) is 78.8 cm³/mol. The average molecular weight is 282 g/mol. The average Bonchev–Trinajstić information content (AvgIpc) is 2.28. The molecule has 2 atom stereocenters. The molecule has 0 aliphatic heterocycles. The van der Waals surface area contributed by atoms with Gasteiger partial charge in [0, 0.05) is 0 Å². The standard InChI is InChI=1S/C10H20O2S.C2H6OS/c1-3-5-6-9(4-2)7-12-10(11)8-13;1-2(3)4/h9,13H,3-8H2,1-2H3;2-4H,1H3. The Kier molecular flexibility index (Phi) is 16.3. The van der Waals surface area contributed by atoms with Gasteiger partial charge in [0.2, 0.25) is 0 Å². The van der Waals surface area contributed by atoms with Crippen molar-refractivity contribution in [1.29, 1.82) is 0 Å². The largest absolute Gasteiger partial charge is 0.465 e. The second-order valence-electron chi connectivity index (χ2n) is 3.89. The van der Waals surface area contributed by atoms with Crippen molar-refractivity contribution in [3.05, 3.63) is 0 Å². The van der Waals surface area contributed by atoms with Gasteiger partial charge in [-0.2, -0.15) is 12.6 Å². The molecule has 2 unspecified atom stereocenters. The summed E-state index contributed by atoms with van der Waals surface area (Å²) < 4.78 is 5.03. The molecule has 0 spiro atoms. The topological polar surface area (TPSA) is 46.5 Å². The van der Waals surface area contributed by atoms with Crippen molar-refractivity contribution >= 4 is 31.2 Å². The van der Waals surface area contributed by atoms with Crippen LogP contribution in [0.2, 0.25) is 0 Å². The van der Waals surface area contributed by atoms with Crippen molar-refractivity contribution in [3.8, 4) is 0 Å². The van der Waals surface area contributed by atoms with Crippen molar-refractivity contribution in [1.82, 2.24) is 0 Å². The molecule has 3 nitrogen and oxygen atoms in total. The molecule has 0 heterocycles. The normalized spacial score (nSPS) is 13.3. The summed E-state index contributed by atoms with van der Waals surface area (Å²) in [5, 5.41) is 7.92. The molecule has 0 aliphatic rings. The van der Waals surface area contributed by atoms with E-state index < -0.39 is 5.44 Å². The van der Waals surface area contributed by atoms with E-state index in [2.05, 4.69) is 39.1 Å². The third-order valence-corrected chi connectivity index (χ3v) is 2.41. The fraction of sp³-hybridized carbons (Fsp3) is 0.917. The SMILES string of the molecule is CC(O)S.CCCCC(CC)COC(=O)CS. The maximum atomic E-state index is 10.8. The van der Waals surface area contributed by atoms with Crippen LogP contribution < -0.4 is 0 Å². The molecule has 0 bridgehead atoms. The molecule has 0 aliphatic carbocycles. The summed E-state index contributed by atoms with van der Waals surface area (Å²) in [5.74, 6) is 0.506. The van der Waals surface area contributed by atoms with Crippen LogP contribution in [0.5, 0.6) is 0 Å². The highest BCUT2D eigenvalue weighted by atomic mass is 32.1. The lowest BCUT2D eigenvalue weighted by atomic mass is 10.0. The Bertz CT molecular complexity index is 172. The highest BCUT2D eigenvalue weighted by Gasteiger charge is 2.08. The lowest BCUT2D eigenvalue weighted by molar-refractivity contribution is -0.141. The maximum absolute atomic E-state index is 10.8. The zero-order valence-corrected chi connectivity index (χ0v) is 12.8. The van der Waals surface area contributed by atoms with Crippen LogP contribution in [0.15, 0.2) is 0 Å². The Morgan fingerprint density at radius 3 is 2.29 bits per heavy atom. The highest BCUT2D eigenvalue weighted by molar-refractivity contribution is 7.81. The van der Waals surface area contributed by atoms with Crippen LogP contribution in [0.1, 0.15) is 46.5 Å². The number of thiol groups is 2. The first-order chi connectivity index (χ1) is 7.97. The molecule has 0 aromatic rings. The number of esters is 1. The van der Waals surface area contributed by atoms with Gasteiger partial charge in [-0.15, -0.1) is 12.6 Å². The minimum atomic E-state index is -0.472. The molecule has 0 saturated heterocycles. The van der Waals surface area contributed by atoms with Gasteiger partial charge in [-0.05, 0) is 19.3 Å². The van der Waals surface area contributed by atoms with Crippen LogP contribution in [-0.2, 0) is 9.53 Å². The first-order valence-corrected chi connectivity index (χ1v) is 7.25. The number of carbonyl (C=O) groups is 1. The molecule has 0 saturated carbocycles. The summed E-state index contributed by atoms with van der Waals surface area (Å²) in [5.41, 5.74) is -0.472. The van der Waals surface area contributed by atoms with E-state index in [-0.39, 0.29) is 11.7 Å². The van der Waals surface area contributed by atoms with Crippen LogP contribution in [0.3, 0.4) is 0 Å². The van der Waals surface area contributed by atoms with Gasteiger partial charge in [0.05, 0.1) is 17.8 Å². The van der Waals surface area contributed by atoms with E-state index in [0.29, 0.717) is 12.5 Å². The van der Waals surface area contributed by atoms with Crippen LogP contribution >= 0.6 is 25.3 Å². The molecule has 1 N–H and O–H groups in total. The molecular formula is C12H26O3S2. The predicted octanol–water partition coefficient (Wildman–Crippen LogP) is 2.93. The van der Waals surface area contributed by atoms with Gasteiger partial charge in [0.25, 0.3) is 0 Å². The van der Waals surface area contributed by atoms with Gasteiger partial charge in [-0.3, -0.25) is 4.79 Å². The van der Waals surface area contributed by atoms with Crippen molar-refractivity contribution in [3.63, 3.8) is 0 Å². The number of rotatable bonds is 7. The van der Waals surface area contributed by atoms with E-state index in [1.54, 1.807) is 6.92 Å². The second-order valence-corrected chi connectivity index (χ2v) is 4.95. The molecule has 0 fully saturated rings. The van der Waals surface area contributed by atoms with Crippen LogP contribution in [0.4, 0.5) is 0 Å². The van der Waals surface area contributed by atoms with Crippen molar-refractivity contribution < 1.29 is 14.6 Å². The number of hydrogen-bond donors (Lipinski definition) is 3. The van der Waals surface area contributed by atoms with E-state index in [1.807, 2.05) is 0 Å². The van der Waals surface area contributed by atoms with E-state index in [0.717, 1.165) is 12.8 Å². The Morgan fingerprint density at radius 1 is 1.41 bits per heavy atom. The number of aliphatic hydroxyl groups is 1. The van der Waals surface area contributed by atoms with Crippen molar-refractivity contribution in [2.45, 2.75) is 51.9 Å². The minimum Gasteiger partial charge on any atom is -0.465 e. The van der Waals surface area contributed by atoms with Gasteiger partial charge >= 0.3 is 5.97 Å². The quantitative estimate of drug-likeness (QED) is 0.382. The summed E-state index contributed by atoms with van der Waals surface area (Å²) in [6.45, 7) is 6.46. The number of hydrogen-bond acceptors (Lipinski definition) is 5. The molecule has 104 valence electrons. The molecule has 0 aromatic carbocycles. The second kappa shape index (κ2) is 14.2. The van der Waals surface area contributed by atoms with Crippen LogP contribution in [-0.4, -0.2) is 28.9 Å². The van der Waals surface area contributed by atoms with E-state index >= 15 is 0 Å². The Hall–Kier alpha value is 0.130. The van der Waals surface area contributed by atoms with Gasteiger partial charge in [-0.1, -0.05) is 33.1 Å². The third-order valence-electron chi connectivity index (χ3n) is 2.15. The molecule has 5 heteroatoms. The number of ether oxygens (including phenoxy) is 1. The summed E-state index contributed by atoms with van der Waals surface area (Å²) >= 11 is 7.36. The highest BCUT2D eigenvalue weighted by Crippen LogP contribution is 2.12. The fourth-order valence-corrected chi connectivity index (χ4v) is 1.25. The van der Waals surface area contributed by atoms with E-state index in [1.165, 1.54) is 12.8 Å². The van der Waals surface area contributed by atoms with Crippen LogP contribution in [0.25, 0.3) is 0 Å². The van der Waals surface area contributed by atoms with E-state index in [4.69, 9.17) is 9.84 Å². The van der Waals surface area contributed by atoms with Crippen LogP contribution in [0, 0.1) is 5.92 Å². The van der Waals surface area contributed by atoms with Gasteiger partial charge < -0.3 is 9.84 Å². The Balaban J connectivity index is 0. The summed E-state index contributed by atoms with van der Waals surface area (Å²) in [4.78, 5) is 10.8. The zero-order chi connectivity index (χ0) is 13.7. The number of unbranched alkanes of at least 4 members (excludes halogenated alkanes) is 1. The van der Waals surface area contributed by atoms with E-state index in [9.17, 15) is 4.79 Å². The first-order valence-electron chi connectivity index (χ1n) is 6.10. The molecule has 0 rings (SSSR count). The minimum absolute atomic E-state index is 0.185. The third kappa shape index (κ3) is 18.7. The monoisotopic (exact) mass is 282 g/mol. The maximum Gasteiger partial charge on any atom is 0.315 e. The molecular weight excluding hydrogens is 256 g/mol. The van der Waals surface area contributed by atoms with Gasteiger partial charge in [0.1, 0.15) is 0 Å². The smallest absolute Gasteiger partial charge is 0.315 e. The van der Waals surface area contributed by atoms with Gasteiger partial charge in [-0.25, -0.2) is 0 Å². The fourth-order valence-electron chi connectivity index (χ4n) is 1.15. The summed E-state index contributed by atoms with van der Waals surface area (Å²) in [6, 6.07) is 0. The number of aliphatic hydroxyl groups excluding tert-OH is 1. The van der Waals surface area contributed by atoms with Crippen molar-refractivity contribution in [2.24, 2.45) is 5.92 Å². The Labute approximate surface area is 116 Å². The lowest BCUT2D eigenvalue weighted by Gasteiger charge is -2.13. The Morgan fingerprint density at radius 2 is 1.94 bits per heavy atom. The van der Waals surface area contributed by atoms with Gasteiger partial charge in [0.15, 0.2) is 0 Å². The molecule has 0 aromatic heterocycles. The summed E-state index contributed by atoms with van der Waals surface area (Å²) in [7, 11) is 0.